The van der Waals surface area contributed by atoms with Crippen LogP contribution in [0.25, 0.3) is 16.6 Å². The van der Waals surface area contributed by atoms with Gasteiger partial charge in [0.15, 0.2) is 15.0 Å². The molecule has 9 heteroatoms. The highest BCUT2D eigenvalue weighted by atomic mass is 35.5. The monoisotopic (exact) mass is 488 g/mol. The number of benzene rings is 3. The molecular weight excluding hydrogens is 471 g/mol. The quantitative estimate of drug-likeness (QED) is 0.280. The smallest absolute Gasteiger partial charge is 0.266 e. The first-order valence-electron chi connectivity index (χ1n) is 9.66. The second-order valence-corrected chi connectivity index (χ2v) is 10.7. The second-order valence-electron chi connectivity index (χ2n) is 7.11. The van der Waals surface area contributed by atoms with E-state index in [9.17, 15) is 17.6 Å². The van der Waals surface area contributed by atoms with Crippen molar-refractivity contribution >= 4 is 44.1 Å². The summed E-state index contributed by atoms with van der Waals surface area (Å²) in [6, 6.07) is 17.4. The fourth-order valence-electron chi connectivity index (χ4n) is 3.16. The first kappa shape index (κ1) is 22.5. The van der Waals surface area contributed by atoms with Gasteiger partial charge < -0.3 is 0 Å². The van der Waals surface area contributed by atoms with Crippen LogP contribution in [0.3, 0.4) is 0 Å². The van der Waals surface area contributed by atoms with E-state index in [1.165, 1.54) is 34.9 Å². The average molecular weight is 489 g/mol. The van der Waals surface area contributed by atoms with Crippen LogP contribution in [0.1, 0.15) is 5.56 Å². The van der Waals surface area contributed by atoms with Crippen molar-refractivity contribution in [1.29, 1.82) is 0 Å². The Labute approximate surface area is 193 Å². The highest BCUT2D eigenvalue weighted by molar-refractivity contribution is 8.00. The molecule has 0 bridgehead atoms. The lowest BCUT2D eigenvalue weighted by molar-refractivity contribution is 0.597. The number of fused-ring (bicyclic) bond motifs is 1. The van der Waals surface area contributed by atoms with Crippen molar-refractivity contribution in [3.8, 4) is 5.69 Å². The zero-order chi connectivity index (χ0) is 22.9. The molecule has 0 unspecified atom stereocenters. The molecule has 0 fully saturated rings. The standard InChI is InChI=1S/C23H18ClFN2O3S2/c1-15-6-9-17(14-20(15)25)27-22(28)19-4-2-3-5-21(19)26-23(27)31-12-13-32(29,30)18-10-7-16(24)8-11-18/h2-11,14H,12-13H2,1H3. The molecule has 0 aliphatic rings. The van der Waals surface area contributed by atoms with Crippen LogP contribution >= 0.6 is 23.4 Å². The molecule has 0 N–H and O–H groups in total. The SMILES string of the molecule is Cc1ccc(-n2c(SCCS(=O)(=O)c3ccc(Cl)cc3)nc3ccccc3c2=O)cc1F. The van der Waals surface area contributed by atoms with Crippen LogP contribution < -0.4 is 5.56 Å². The molecule has 32 heavy (non-hydrogen) atoms. The van der Waals surface area contributed by atoms with E-state index >= 15 is 0 Å². The summed E-state index contributed by atoms with van der Waals surface area (Å²) in [6.07, 6.45) is 0. The molecule has 1 aromatic heterocycles. The largest absolute Gasteiger partial charge is 0.268 e. The van der Waals surface area contributed by atoms with Crippen molar-refractivity contribution in [3.63, 3.8) is 0 Å². The molecule has 0 atom stereocenters. The normalized spacial score (nSPS) is 11.7. The van der Waals surface area contributed by atoms with E-state index in [0.29, 0.717) is 32.3 Å². The minimum absolute atomic E-state index is 0.157. The molecule has 5 nitrogen and oxygen atoms in total. The number of para-hydroxylation sites is 1. The van der Waals surface area contributed by atoms with Crippen LogP contribution in [-0.2, 0) is 9.84 Å². The van der Waals surface area contributed by atoms with E-state index in [1.807, 2.05) is 0 Å². The molecule has 0 aliphatic carbocycles. The number of hydrogen-bond donors (Lipinski definition) is 0. The van der Waals surface area contributed by atoms with Gasteiger partial charge in [-0.3, -0.25) is 9.36 Å². The van der Waals surface area contributed by atoms with Gasteiger partial charge in [0, 0.05) is 10.8 Å². The minimum atomic E-state index is -3.54. The van der Waals surface area contributed by atoms with Gasteiger partial charge in [-0.05, 0) is 61.0 Å². The van der Waals surface area contributed by atoms with Crippen LogP contribution in [0.2, 0.25) is 5.02 Å². The number of nitrogens with zero attached hydrogens (tertiary/aromatic N) is 2. The summed E-state index contributed by atoms with van der Waals surface area (Å²) in [5.74, 6) is -0.447. The van der Waals surface area contributed by atoms with Gasteiger partial charge in [-0.25, -0.2) is 17.8 Å². The molecule has 1 heterocycles. The van der Waals surface area contributed by atoms with Crippen LogP contribution in [0.4, 0.5) is 4.39 Å². The van der Waals surface area contributed by atoms with Gasteiger partial charge in [-0.2, -0.15) is 0 Å². The van der Waals surface area contributed by atoms with Gasteiger partial charge in [0.1, 0.15) is 5.82 Å². The molecular formula is C23H18ClFN2O3S2. The number of sulfone groups is 1. The highest BCUT2D eigenvalue weighted by Gasteiger charge is 2.18. The topological polar surface area (TPSA) is 69.0 Å². The van der Waals surface area contributed by atoms with Gasteiger partial charge in [0.25, 0.3) is 5.56 Å². The zero-order valence-corrected chi connectivity index (χ0v) is 19.3. The lowest BCUT2D eigenvalue weighted by Crippen LogP contribution is -2.22. The third-order valence-electron chi connectivity index (χ3n) is 4.91. The molecule has 0 radical (unpaired) electrons. The predicted octanol–water partition coefficient (Wildman–Crippen LogP) is 5.05. The maximum atomic E-state index is 14.2. The molecule has 4 rings (SSSR count). The van der Waals surface area contributed by atoms with Gasteiger partial charge in [-0.15, -0.1) is 0 Å². The summed E-state index contributed by atoms with van der Waals surface area (Å²) < 4.78 is 40.9. The lowest BCUT2D eigenvalue weighted by atomic mass is 10.2. The van der Waals surface area contributed by atoms with E-state index < -0.39 is 15.7 Å². The summed E-state index contributed by atoms with van der Waals surface area (Å²) in [6.45, 7) is 1.64. The number of aryl methyl sites for hydroxylation is 1. The Bertz CT molecular complexity index is 1470. The predicted molar refractivity (Wildman–Crippen MR) is 126 cm³/mol. The molecule has 0 spiro atoms. The Morgan fingerprint density at radius 2 is 1.78 bits per heavy atom. The van der Waals surface area contributed by atoms with Gasteiger partial charge >= 0.3 is 0 Å². The summed E-state index contributed by atoms with van der Waals surface area (Å²) in [4.78, 5) is 17.9. The van der Waals surface area contributed by atoms with Crippen molar-refractivity contribution in [2.45, 2.75) is 17.0 Å². The molecule has 0 amide bonds. The minimum Gasteiger partial charge on any atom is -0.268 e. The first-order chi connectivity index (χ1) is 15.3. The summed E-state index contributed by atoms with van der Waals surface area (Å²) in [5, 5.41) is 1.14. The number of halogens is 2. The summed E-state index contributed by atoms with van der Waals surface area (Å²) in [7, 11) is -3.54. The maximum absolute atomic E-state index is 14.2. The fraction of sp³-hybridized carbons (Fsp3) is 0.130. The Morgan fingerprint density at radius 1 is 1.06 bits per heavy atom. The first-order valence-corrected chi connectivity index (χ1v) is 12.7. The van der Waals surface area contributed by atoms with Crippen molar-refractivity contribution in [3.05, 3.63) is 93.5 Å². The van der Waals surface area contributed by atoms with E-state index in [0.717, 1.165) is 11.8 Å². The van der Waals surface area contributed by atoms with E-state index in [1.54, 1.807) is 43.3 Å². The summed E-state index contributed by atoms with van der Waals surface area (Å²) >= 11 is 6.97. The van der Waals surface area contributed by atoms with Crippen molar-refractivity contribution < 1.29 is 12.8 Å². The van der Waals surface area contributed by atoms with E-state index in [4.69, 9.17) is 11.6 Å². The maximum Gasteiger partial charge on any atom is 0.266 e. The van der Waals surface area contributed by atoms with Crippen LogP contribution in [0, 0.1) is 12.7 Å². The Kier molecular flexibility index (Phi) is 6.37. The number of rotatable bonds is 6. The number of aromatic nitrogens is 2. The Balaban J connectivity index is 1.70. The van der Waals surface area contributed by atoms with Gasteiger partial charge in [0.2, 0.25) is 0 Å². The Hall–Kier alpha value is -2.68. The number of hydrogen-bond acceptors (Lipinski definition) is 5. The second kappa shape index (κ2) is 9.05. The van der Waals surface area contributed by atoms with Crippen molar-refractivity contribution in [1.82, 2.24) is 9.55 Å². The third kappa shape index (κ3) is 4.57. The summed E-state index contributed by atoms with van der Waals surface area (Å²) in [5.41, 5.74) is 0.935. The fourth-order valence-corrected chi connectivity index (χ4v) is 5.95. The van der Waals surface area contributed by atoms with Crippen LogP contribution in [0.15, 0.2) is 81.6 Å². The lowest BCUT2D eigenvalue weighted by Gasteiger charge is -2.14. The average Bonchev–Trinajstić information content (AvgIpc) is 2.76. The van der Waals surface area contributed by atoms with E-state index in [-0.39, 0.29) is 22.0 Å². The molecule has 4 aromatic rings. The zero-order valence-electron chi connectivity index (χ0n) is 17.0. The highest BCUT2D eigenvalue weighted by Crippen LogP contribution is 2.24. The third-order valence-corrected chi connectivity index (χ3v) is 8.10. The van der Waals surface area contributed by atoms with E-state index in [2.05, 4.69) is 4.98 Å². The van der Waals surface area contributed by atoms with Crippen molar-refractivity contribution in [2.24, 2.45) is 0 Å². The molecule has 0 aliphatic heterocycles. The molecule has 0 saturated heterocycles. The number of thioether (sulfide) groups is 1. The molecule has 164 valence electrons. The van der Waals surface area contributed by atoms with Gasteiger partial charge in [-0.1, -0.05) is 41.6 Å². The Morgan fingerprint density at radius 3 is 2.50 bits per heavy atom. The van der Waals surface area contributed by atoms with Crippen LogP contribution in [0.5, 0.6) is 0 Å². The van der Waals surface area contributed by atoms with Crippen LogP contribution in [-0.4, -0.2) is 29.5 Å². The van der Waals surface area contributed by atoms with Gasteiger partial charge in [0.05, 0.1) is 27.2 Å². The molecule has 3 aromatic carbocycles. The molecule has 0 saturated carbocycles. The van der Waals surface area contributed by atoms with Crippen molar-refractivity contribution in [2.75, 3.05) is 11.5 Å².